The van der Waals surface area contributed by atoms with E-state index in [1.807, 2.05) is 19.9 Å². The van der Waals surface area contributed by atoms with Crippen molar-refractivity contribution in [3.63, 3.8) is 0 Å². The van der Waals surface area contributed by atoms with Crippen LogP contribution < -0.4 is 5.32 Å². The fraction of sp³-hybridized carbons (Fsp3) is 0.524. The molecule has 3 aromatic heterocycles. The van der Waals surface area contributed by atoms with Crippen LogP contribution in [0.25, 0.3) is 5.65 Å². The van der Waals surface area contributed by atoms with Crippen LogP contribution in [0.2, 0.25) is 0 Å². The molecule has 1 saturated carbocycles. The highest BCUT2D eigenvalue weighted by molar-refractivity contribution is 6.08. The molecule has 3 aromatic rings. The second kappa shape index (κ2) is 8.12. The Morgan fingerprint density at radius 2 is 1.97 bits per heavy atom. The van der Waals surface area contributed by atoms with E-state index < -0.39 is 18.0 Å². The molecule has 0 bridgehead atoms. The second-order valence-corrected chi connectivity index (χ2v) is 8.39. The Labute approximate surface area is 173 Å². The van der Waals surface area contributed by atoms with Gasteiger partial charge < -0.3 is 5.32 Å². The summed E-state index contributed by atoms with van der Waals surface area (Å²) < 4.78 is 30.4. The molecule has 1 N–H and O–H groups in total. The summed E-state index contributed by atoms with van der Waals surface area (Å²) in [6, 6.07) is 1.92. The van der Waals surface area contributed by atoms with E-state index >= 15 is 0 Å². The number of alkyl halides is 2. The quantitative estimate of drug-likeness (QED) is 0.636. The van der Waals surface area contributed by atoms with E-state index in [0.29, 0.717) is 11.6 Å². The summed E-state index contributed by atoms with van der Waals surface area (Å²) in [7, 11) is 0. The monoisotopic (exact) mass is 416 g/mol. The van der Waals surface area contributed by atoms with E-state index in [9.17, 15) is 13.6 Å². The highest BCUT2D eigenvalue weighted by Gasteiger charge is 2.26. The third-order valence-corrected chi connectivity index (χ3v) is 5.84. The predicted octanol–water partition coefficient (Wildman–Crippen LogP) is 4.99. The number of halogens is 2. The average Bonchev–Trinajstić information content (AvgIpc) is 3.32. The van der Waals surface area contributed by atoms with E-state index in [-0.39, 0.29) is 23.2 Å². The first kappa shape index (κ1) is 20.4. The van der Waals surface area contributed by atoms with Crippen LogP contribution in [0.5, 0.6) is 0 Å². The van der Waals surface area contributed by atoms with E-state index in [2.05, 4.69) is 27.4 Å². The van der Waals surface area contributed by atoms with Gasteiger partial charge in [-0.15, -0.1) is 0 Å². The van der Waals surface area contributed by atoms with E-state index in [1.165, 1.54) is 12.4 Å². The fourth-order valence-electron chi connectivity index (χ4n) is 4.05. The fourth-order valence-corrected chi connectivity index (χ4v) is 4.05. The van der Waals surface area contributed by atoms with Crippen molar-refractivity contribution >= 4 is 17.2 Å². The number of carbonyl (C=O) groups is 1. The molecule has 0 saturated heterocycles. The molecule has 1 aliphatic rings. The molecule has 0 unspecified atom stereocenters. The standard InChI is InChI=1S/C21H26F2N6O/c1-12(2)17-8-9-24-20-15(10-25-29(17)20)21(30)26-16-11-28(27-18(16)19(22)23)14-6-4-13(3)5-7-14/h8-14,19H,4-7H2,1-3H3,(H,26,30). The summed E-state index contributed by atoms with van der Waals surface area (Å²) in [6.07, 6.45) is 5.67. The summed E-state index contributed by atoms with van der Waals surface area (Å²) in [4.78, 5) is 17.1. The van der Waals surface area contributed by atoms with Crippen LogP contribution in [0.4, 0.5) is 14.5 Å². The number of carbonyl (C=O) groups excluding carboxylic acids is 1. The second-order valence-electron chi connectivity index (χ2n) is 8.39. The molecule has 0 aromatic carbocycles. The van der Waals surface area contributed by atoms with Crippen molar-refractivity contribution in [2.45, 2.75) is 64.8 Å². The molecule has 1 aliphatic carbocycles. The van der Waals surface area contributed by atoms with Crippen molar-refractivity contribution in [2.75, 3.05) is 5.32 Å². The smallest absolute Gasteiger partial charge is 0.284 e. The molecule has 160 valence electrons. The van der Waals surface area contributed by atoms with Gasteiger partial charge in [-0.2, -0.15) is 10.2 Å². The van der Waals surface area contributed by atoms with Gasteiger partial charge in [-0.25, -0.2) is 18.3 Å². The van der Waals surface area contributed by atoms with Crippen LogP contribution >= 0.6 is 0 Å². The number of aromatic nitrogens is 5. The summed E-state index contributed by atoms with van der Waals surface area (Å²) in [6.45, 7) is 6.24. The van der Waals surface area contributed by atoms with Gasteiger partial charge in [0.15, 0.2) is 11.3 Å². The Morgan fingerprint density at radius 3 is 2.63 bits per heavy atom. The van der Waals surface area contributed by atoms with E-state index in [4.69, 9.17) is 0 Å². The normalized spacial score (nSPS) is 19.7. The predicted molar refractivity (Wildman–Crippen MR) is 109 cm³/mol. The first-order valence-electron chi connectivity index (χ1n) is 10.4. The maximum atomic E-state index is 13.6. The lowest BCUT2D eigenvalue weighted by Gasteiger charge is -2.26. The lowest BCUT2D eigenvalue weighted by atomic mass is 9.87. The van der Waals surface area contributed by atoms with Crippen molar-refractivity contribution in [3.05, 3.63) is 41.6 Å². The number of hydrogen-bond acceptors (Lipinski definition) is 4. The molecule has 30 heavy (non-hydrogen) atoms. The van der Waals surface area contributed by atoms with Crippen LogP contribution in [0, 0.1) is 5.92 Å². The van der Waals surface area contributed by atoms with Crippen molar-refractivity contribution in [1.82, 2.24) is 24.4 Å². The first-order valence-corrected chi connectivity index (χ1v) is 10.4. The van der Waals surface area contributed by atoms with Gasteiger partial charge in [0, 0.05) is 18.1 Å². The number of anilines is 1. The van der Waals surface area contributed by atoms with Crippen LogP contribution in [0.3, 0.4) is 0 Å². The molecule has 0 radical (unpaired) electrons. The van der Waals surface area contributed by atoms with Gasteiger partial charge in [0.1, 0.15) is 5.56 Å². The Hall–Kier alpha value is -2.84. The maximum absolute atomic E-state index is 13.6. The SMILES string of the molecule is CC1CCC(n2cc(NC(=O)c3cnn4c(C(C)C)ccnc34)c(C(F)F)n2)CC1. The lowest BCUT2D eigenvalue weighted by molar-refractivity contribution is 0.102. The van der Waals surface area contributed by atoms with Gasteiger partial charge in [0.05, 0.1) is 17.9 Å². The molecule has 9 heteroatoms. The van der Waals surface area contributed by atoms with Gasteiger partial charge in [0.2, 0.25) is 0 Å². The number of hydrogen-bond donors (Lipinski definition) is 1. The number of fused-ring (bicyclic) bond motifs is 1. The molecule has 0 spiro atoms. The van der Waals surface area contributed by atoms with Gasteiger partial charge in [-0.05, 0) is 43.6 Å². The third kappa shape index (κ3) is 3.80. The Bertz CT molecular complexity index is 1050. The number of nitrogens with zero attached hydrogens (tertiary/aromatic N) is 5. The number of nitrogens with one attached hydrogen (secondary N) is 1. The van der Waals surface area contributed by atoms with Crippen molar-refractivity contribution in [1.29, 1.82) is 0 Å². The lowest BCUT2D eigenvalue weighted by Crippen LogP contribution is -2.17. The zero-order chi connectivity index (χ0) is 21.4. The molecule has 0 aliphatic heterocycles. The van der Waals surface area contributed by atoms with Crippen LogP contribution in [-0.4, -0.2) is 30.3 Å². The van der Waals surface area contributed by atoms with E-state index in [1.54, 1.807) is 15.4 Å². The van der Waals surface area contributed by atoms with Crippen LogP contribution in [-0.2, 0) is 0 Å². The Kier molecular flexibility index (Phi) is 5.53. The third-order valence-electron chi connectivity index (χ3n) is 5.84. The van der Waals surface area contributed by atoms with Gasteiger partial charge >= 0.3 is 0 Å². The summed E-state index contributed by atoms with van der Waals surface area (Å²) in [5.74, 6) is 0.301. The van der Waals surface area contributed by atoms with Gasteiger partial charge in [-0.3, -0.25) is 9.48 Å². The van der Waals surface area contributed by atoms with Crippen LogP contribution in [0.1, 0.15) is 86.6 Å². The first-order chi connectivity index (χ1) is 14.3. The average molecular weight is 416 g/mol. The van der Waals surface area contributed by atoms with Gasteiger partial charge in [-0.1, -0.05) is 20.8 Å². The largest absolute Gasteiger partial charge is 0.319 e. The Morgan fingerprint density at radius 1 is 1.23 bits per heavy atom. The summed E-state index contributed by atoms with van der Waals surface area (Å²) in [5, 5.41) is 11.0. The molecule has 3 heterocycles. The van der Waals surface area contributed by atoms with Crippen molar-refractivity contribution in [2.24, 2.45) is 5.92 Å². The summed E-state index contributed by atoms with van der Waals surface area (Å²) in [5.41, 5.74) is 1.16. The number of rotatable bonds is 5. The van der Waals surface area contributed by atoms with E-state index in [0.717, 1.165) is 31.4 Å². The molecular formula is C21H26F2N6O. The highest BCUT2D eigenvalue weighted by Crippen LogP contribution is 2.34. The zero-order valence-corrected chi connectivity index (χ0v) is 17.3. The Balaban J connectivity index is 1.62. The molecular weight excluding hydrogens is 390 g/mol. The van der Waals surface area contributed by atoms with Crippen molar-refractivity contribution in [3.8, 4) is 0 Å². The van der Waals surface area contributed by atoms with Crippen LogP contribution in [0.15, 0.2) is 24.7 Å². The molecule has 4 rings (SSSR count). The molecule has 1 fully saturated rings. The maximum Gasteiger partial charge on any atom is 0.284 e. The van der Waals surface area contributed by atoms with Gasteiger partial charge in [0.25, 0.3) is 12.3 Å². The number of amides is 1. The van der Waals surface area contributed by atoms with Crippen molar-refractivity contribution < 1.29 is 13.6 Å². The molecule has 0 atom stereocenters. The highest BCUT2D eigenvalue weighted by atomic mass is 19.3. The minimum absolute atomic E-state index is 0.0352. The topological polar surface area (TPSA) is 77.1 Å². The minimum atomic E-state index is -2.78. The molecule has 7 nitrogen and oxygen atoms in total. The molecule has 1 amide bonds. The summed E-state index contributed by atoms with van der Waals surface area (Å²) >= 11 is 0. The zero-order valence-electron chi connectivity index (χ0n) is 17.3. The minimum Gasteiger partial charge on any atom is -0.319 e.